The van der Waals surface area contributed by atoms with Crippen LogP contribution >= 0.6 is 0 Å². The Bertz CT molecular complexity index is 432. The summed E-state index contributed by atoms with van der Waals surface area (Å²) in [5.74, 6) is 0.139. The van der Waals surface area contributed by atoms with E-state index in [1.54, 1.807) is 6.92 Å². The van der Waals surface area contributed by atoms with Gasteiger partial charge in [-0.25, -0.2) is 0 Å². The Morgan fingerprint density at radius 1 is 1.18 bits per heavy atom. The Morgan fingerprint density at radius 3 is 2.18 bits per heavy atom. The molecule has 0 saturated heterocycles. The molecule has 0 aromatic rings. The first-order chi connectivity index (χ1) is 7.70. The SMILES string of the molecule is CC(OS(=O)(=O)CS(=O)(=O)O)C1CCCCC1. The lowest BCUT2D eigenvalue weighted by atomic mass is 9.86. The van der Waals surface area contributed by atoms with Crippen LogP contribution in [0.3, 0.4) is 0 Å². The van der Waals surface area contributed by atoms with Gasteiger partial charge in [-0.05, 0) is 25.7 Å². The fourth-order valence-corrected chi connectivity index (χ4v) is 4.42. The number of hydrogen-bond acceptors (Lipinski definition) is 5. The monoisotopic (exact) mass is 286 g/mol. The largest absolute Gasteiger partial charge is 0.285 e. The predicted octanol–water partition coefficient (Wildman–Crippen LogP) is 1.15. The topological polar surface area (TPSA) is 97.7 Å². The van der Waals surface area contributed by atoms with E-state index >= 15 is 0 Å². The highest BCUT2D eigenvalue weighted by Gasteiger charge is 2.28. The average molecular weight is 286 g/mol. The van der Waals surface area contributed by atoms with Gasteiger partial charge in [-0.2, -0.15) is 16.8 Å². The van der Waals surface area contributed by atoms with Crippen molar-refractivity contribution in [1.29, 1.82) is 0 Å². The molecule has 1 aliphatic rings. The second kappa shape index (κ2) is 5.64. The molecular weight excluding hydrogens is 268 g/mol. The van der Waals surface area contributed by atoms with Gasteiger partial charge in [-0.3, -0.25) is 8.74 Å². The Hall–Kier alpha value is -0.180. The summed E-state index contributed by atoms with van der Waals surface area (Å²) in [5, 5.41) is -1.38. The van der Waals surface area contributed by atoms with Crippen molar-refractivity contribution in [2.24, 2.45) is 5.92 Å². The lowest BCUT2D eigenvalue weighted by molar-refractivity contribution is 0.130. The normalized spacial score (nSPS) is 21.3. The summed E-state index contributed by atoms with van der Waals surface area (Å²) >= 11 is 0. The van der Waals surface area contributed by atoms with E-state index < -0.39 is 31.4 Å². The molecule has 0 bridgehead atoms. The van der Waals surface area contributed by atoms with Crippen LogP contribution < -0.4 is 0 Å². The van der Waals surface area contributed by atoms with Crippen LogP contribution in [-0.2, 0) is 24.4 Å². The summed E-state index contributed by atoms with van der Waals surface area (Å²) < 4.78 is 57.0. The first-order valence-electron chi connectivity index (χ1n) is 5.56. The molecule has 0 aliphatic heterocycles. The van der Waals surface area contributed by atoms with Crippen LogP contribution in [0.1, 0.15) is 39.0 Å². The Kier molecular flexibility index (Phi) is 4.94. The molecule has 17 heavy (non-hydrogen) atoms. The maximum atomic E-state index is 11.3. The zero-order valence-electron chi connectivity index (χ0n) is 9.70. The van der Waals surface area contributed by atoms with Gasteiger partial charge in [0.2, 0.25) is 5.08 Å². The molecule has 6 nitrogen and oxygen atoms in total. The van der Waals surface area contributed by atoms with Crippen molar-refractivity contribution in [2.75, 3.05) is 5.08 Å². The Labute approximate surface area is 102 Å². The summed E-state index contributed by atoms with van der Waals surface area (Å²) in [4.78, 5) is 0. The molecular formula is C9H18O6S2. The third-order valence-corrected chi connectivity index (χ3v) is 5.85. The van der Waals surface area contributed by atoms with E-state index in [2.05, 4.69) is 0 Å². The summed E-state index contributed by atoms with van der Waals surface area (Å²) in [6.07, 6.45) is 4.46. The van der Waals surface area contributed by atoms with Crippen molar-refractivity contribution in [2.45, 2.75) is 45.1 Å². The van der Waals surface area contributed by atoms with Gasteiger partial charge >= 0.3 is 0 Å². The quantitative estimate of drug-likeness (QED) is 0.601. The molecule has 0 aromatic heterocycles. The van der Waals surface area contributed by atoms with Crippen LogP contribution in [0.15, 0.2) is 0 Å². The Balaban J connectivity index is 2.57. The van der Waals surface area contributed by atoms with Crippen molar-refractivity contribution in [1.82, 2.24) is 0 Å². The molecule has 0 heterocycles. The maximum Gasteiger partial charge on any atom is 0.284 e. The summed E-state index contributed by atoms with van der Waals surface area (Å²) in [6, 6.07) is 0. The molecule has 0 aromatic carbocycles. The van der Waals surface area contributed by atoms with Gasteiger partial charge < -0.3 is 0 Å². The average Bonchev–Trinajstić information content (AvgIpc) is 2.14. The van der Waals surface area contributed by atoms with Crippen LogP contribution in [-0.4, -0.2) is 32.6 Å². The highest BCUT2D eigenvalue weighted by Crippen LogP contribution is 2.28. The molecule has 1 N–H and O–H groups in total. The minimum Gasteiger partial charge on any atom is -0.285 e. The zero-order chi connectivity index (χ0) is 13.1. The minimum absolute atomic E-state index is 0.139. The van der Waals surface area contributed by atoms with Crippen molar-refractivity contribution in [3.8, 4) is 0 Å². The van der Waals surface area contributed by atoms with E-state index in [1.807, 2.05) is 0 Å². The predicted molar refractivity (Wildman–Crippen MR) is 62.5 cm³/mol. The van der Waals surface area contributed by atoms with Crippen molar-refractivity contribution >= 4 is 20.2 Å². The first kappa shape index (κ1) is 14.9. The van der Waals surface area contributed by atoms with E-state index in [4.69, 9.17) is 8.74 Å². The van der Waals surface area contributed by atoms with Crippen LogP contribution in [0.5, 0.6) is 0 Å². The summed E-state index contributed by atoms with van der Waals surface area (Å²) in [6.45, 7) is 1.62. The number of hydrogen-bond donors (Lipinski definition) is 1. The highest BCUT2D eigenvalue weighted by molar-refractivity contribution is 8.03. The molecule has 1 aliphatic carbocycles. The molecule has 1 rings (SSSR count). The van der Waals surface area contributed by atoms with E-state index in [9.17, 15) is 16.8 Å². The van der Waals surface area contributed by atoms with Crippen molar-refractivity contribution in [3.05, 3.63) is 0 Å². The van der Waals surface area contributed by atoms with Gasteiger partial charge in [0.25, 0.3) is 20.2 Å². The van der Waals surface area contributed by atoms with Gasteiger partial charge in [0.1, 0.15) is 0 Å². The number of rotatable bonds is 5. The van der Waals surface area contributed by atoms with Gasteiger partial charge in [0.05, 0.1) is 6.10 Å². The van der Waals surface area contributed by atoms with E-state index in [-0.39, 0.29) is 5.92 Å². The standard InChI is InChI=1S/C9H18O6S2/c1-8(9-5-3-2-4-6-9)15-17(13,14)7-16(10,11)12/h8-9H,2-7H2,1H3,(H,10,11,12). The molecule has 0 radical (unpaired) electrons. The van der Waals surface area contributed by atoms with Gasteiger partial charge in [-0.1, -0.05) is 19.3 Å². The molecule has 1 atom stereocenters. The third kappa shape index (κ3) is 5.80. The maximum absolute atomic E-state index is 11.3. The van der Waals surface area contributed by atoms with Crippen LogP contribution in [0.4, 0.5) is 0 Å². The molecule has 1 fully saturated rings. The molecule has 0 amide bonds. The summed E-state index contributed by atoms with van der Waals surface area (Å²) in [7, 11) is -8.80. The second-order valence-corrected chi connectivity index (χ2v) is 7.87. The van der Waals surface area contributed by atoms with Crippen LogP contribution in [0.25, 0.3) is 0 Å². The molecule has 1 unspecified atom stereocenters. The fraction of sp³-hybridized carbons (Fsp3) is 1.00. The molecule has 102 valence electrons. The van der Waals surface area contributed by atoms with E-state index in [0.29, 0.717) is 0 Å². The first-order valence-corrected chi connectivity index (χ1v) is 8.74. The fourth-order valence-electron chi connectivity index (χ4n) is 2.12. The van der Waals surface area contributed by atoms with Crippen LogP contribution in [0, 0.1) is 5.92 Å². The van der Waals surface area contributed by atoms with Crippen molar-refractivity contribution in [3.63, 3.8) is 0 Å². The smallest absolute Gasteiger partial charge is 0.284 e. The highest BCUT2D eigenvalue weighted by atomic mass is 32.3. The van der Waals surface area contributed by atoms with Crippen LogP contribution in [0.2, 0.25) is 0 Å². The summed E-state index contributed by atoms with van der Waals surface area (Å²) in [5.41, 5.74) is 0. The third-order valence-electron chi connectivity index (χ3n) is 2.91. The Morgan fingerprint density at radius 2 is 1.71 bits per heavy atom. The molecule has 1 saturated carbocycles. The minimum atomic E-state index is -4.57. The lowest BCUT2D eigenvalue weighted by Gasteiger charge is -2.26. The molecule has 8 heteroatoms. The van der Waals surface area contributed by atoms with Gasteiger partial charge in [0, 0.05) is 0 Å². The van der Waals surface area contributed by atoms with Crippen molar-refractivity contribution < 1.29 is 25.6 Å². The molecule has 0 spiro atoms. The zero-order valence-corrected chi connectivity index (χ0v) is 11.3. The van der Waals surface area contributed by atoms with Gasteiger partial charge in [0.15, 0.2) is 0 Å². The van der Waals surface area contributed by atoms with E-state index in [0.717, 1.165) is 32.1 Å². The second-order valence-electron chi connectivity index (χ2n) is 4.46. The lowest BCUT2D eigenvalue weighted by Crippen LogP contribution is -2.28. The van der Waals surface area contributed by atoms with E-state index in [1.165, 1.54) is 0 Å². The van der Waals surface area contributed by atoms with Gasteiger partial charge in [-0.15, -0.1) is 0 Å².